The second-order valence-corrected chi connectivity index (χ2v) is 8.39. The van der Waals surface area contributed by atoms with Crippen molar-refractivity contribution < 1.29 is 34.2 Å². The number of guanidine groups is 1. The molecule has 15 nitrogen and oxygen atoms in total. The molecule has 0 rings (SSSR count). The highest BCUT2D eigenvalue weighted by Crippen LogP contribution is 2.08. The highest BCUT2D eigenvalue weighted by atomic mass is 16.4. The van der Waals surface area contributed by atoms with Gasteiger partial charge in [-0.15, -0.1) is 0 Å². The standard InChI is InChI=1S/C20H38N8O7/c1-10(2)8-14(28-16(31)11(21)9-29)18(33)26-12(5-6-15(22)30)17(32)27-13(19(34)35)4-3-7-25-20(23)24/h10-14,29H,3-9,21H2,1-2H3,(H2,22,30)(H,26,33)(H,27,32)(H,28,31)(H,34,35)(H4,23,24,25)/t11-,12-,13-,14-/m0/s1. The Balaban J connectivity index is 5.50. The maximum atomic E-state index is 12.9. The molecule has 0 fully saturated rings. The van der Waals surface area contributed by atoms with Crippen LogP contribution < -0.4 is 38.9 Å². The minimum Gasteiger partial charge on any atom is -0.480 e. The zero-order valence-corrected chi connectivity index (χ0v) is 20.0. The number of carbonyl (C=O) groups excluding carboxylic acids is 4. The molecule has 13 N–H and O–H groups in total. The van der Waals surface area contributed by atoms with Gasteiger partial charge in [-0.3, -0.25) is 24.2 Å². The topological polar surface area (TPSA) is 278 Å². The number of nitrogens with one attached hydrogen (secondary N) is 3. The summed E-state index contributed by atoms with van der Waals surface area (Å²) in [6.45, 7) is 3.12. The molecule has 0 radical (unpaired) electrons. The zero-order chi connectivity index (χ0) is 27.1. The fourth-order valence-electron chi connectivity index (χ4n) is 2.93. The van der Waals surface area contributed by atoms with Crippen molar-refractivity contribution in [3.8, 4) is 0 Å². The molecule has 0 aliphatic heterocycles. The van der Waals surface area contributed by atoms with Crippen LogP contribution >= 0.6 is 0 Å². The number of aliphatic imine (C=N–C) groups is 1. The van der Waals surface area contributed by atoms with Crippen molar-refractivity contribution >= 4 is 35.6 Å². The van der Waals surface area contributed by atoms with Crippen LogP contribution in [-0.4, -0.2) is 83.1 Å². The first-order chi connectivity index (χ1) is 16.3. The lowest BCUT2D eigenvalue weighted by Gasteiger charge is -2.25. The van der Waals surface area contributed by atoms with E-state index in [9.17, 15) is 29.1 Å². The van der Waals surface area contributed by atoms with Gasteiger partial charge in [0.2, 0.25) is 23.6 Å². The van der Waals surface area contributed by atoms with E-state index in [2.05, 4.69) is 20.9 Å². The number of rotatable bonds is 17. The predicted octanol–water partition coefficient (Wildman–Crippen LogP) is -3.79. The third kappa shape index (κ3) is 13.7. The van der Waals surface area contributed by atoms with Crippen LogP contribution in [-0.2, 0) is 24.0 Å². The summed E-state index contributed by atoms with van der Waals surface area (Å²) in [5.74, 6) is -4.61. The Kier molecular flexibility index (Phi) is 14.6. The maximum absolute atomic E-state index is 12.9. The molecule has 4 amide bonds. The van der Waals surface area contributed by atoms with Crippen molar-refractivity contribution in [3.63, 3.8) is 0 Å². The number of primary amides is 1. The van der Waals surface area contributed by atoms with Gasteiger partial charge in [-0.1, -0.05) is 13.8 Å². The van der Waals surface area contributed by atoms with Crippen LogP contribution in [0.2, 0.25) is 0 Å². The number of hydrogen-bond acceptors (Lipinski definition) is 8. The summed E-state index contributed by atoms with van der Waals surface area (Å²) in [7, 11) is 0. The van der Waals surface area contributed by atoms with Crippen molar-refractivity contribution in [1.29, 1.82) is 0 Å². The molecule has 35 heavy (non-hydrogen) atoms. The van der Waals surface area contributed by atoms with Crippen LogP contribution in [0, 0.1) is 5.92 Å². The number of carboxylic acid groups (broad SMARTS) is 1. The van der Waals surface area contributed by atoms with Crippen molar-refractivity contribution in [2.24, 2.45) is 33.8 Å². The van der Waals surface area contributed by atoms with E-state index < -0.39 is 60.4 Å². The number of carbonyl (C=O) groups is 5. The highest BCUT2D eigenvalue weighted by Gasteiger charge is 2.30. The van der Waals surface area contributed by atoms with Gasteiger partial charge in [0, 0.05) is 13.0 Å². The molecule has 15 heteroatoms. The predicted molar refractivity (Wildman–Crippen MR) is 126 cm³/mol. The molecular formula is C20H38N8O7. The van der Waals surface area contributed by atoms with Gasteiger partial charge in [-0.05, 0) is 31.6 Å². The first-order valence-corrected chi connectivity index (χ1v) is 11.1. The third-order valence-corrected chi connectivity index (χ3v) is 4.75. The molecule has 0 bridgehead atoms. The molecule has 0 aromatic rings. The summed E-state index contributed by atoms with van der Waals surface area (Å²) in [6, 6.07) is -4.97. The van der Waals surface area contributed by atoms with Crippen LogP contribution in [0.3, 0.4) is 0 Å². The number of carboxylic acids is 1. The van der Waals surface area contributed by atoms with Crippen molar-refractivity contribution in [2.45, 2.75) is 70.1 Å². The lowest BCUT2D eigenvalue weighted by Crippen LogP contribution is -2.57. The third-order valence-electron chi connectivity index (χ3n) is 4.75. The lowest BCUT2D eigenvalue weighted by atomic mass is 10.0. The number of aliphatic hydroxyl groups excluding tert-OH is 1. The van der Waals surface area contributed by atoms with Crippen molar-refractivity contribution in [3.05, 3.63) is 0 Å². The summed E-state index contributed by atoms with van der Waals surface area (Å²) in [5, 5.41) is 25.7. The Morgan fingerprint density at radius 1 is 0.857 bits per heavy atom. The van der Waals surface area contributed by atoms with Crippen molar-refractivity contribution in [2.75, 3.05) is 13.2 Å². The minimum absolute atomic E-state index is 0.000576. The Morgan fingerprint density at radius 2 is 1.40 bits per heavy atom. The second kappa shape index (κ2) is 16.2. The molecule has 0 aromatic carbocycles. The SMILES string of the molecule is CC(C)C[C@H](NC(=O)[C@@H](N)CO)C(=O)N[C@@H](CCC(N)=O)C(=O)N[C@@H](CCCN=C(N)N)C(=O)O. The quantitative estimate of drug-likeness (QED) is 0.0531. The number of amides is 4. The van der Waals surface area contributed by atoms with Gasteiger partial charge >= 0.3 is 5.97 Å². The van der Waals surface area contributed by atoms with Gasteiger partial charge in [0.1, 0.15) is 24.2 Å². The van der Waals surface area contributed by atoms with Crippen LogP contribution in [0.25, 0.3) is 0 Å². The van der Waals surface area contributed by atoms with E-state index in [1.165, 1.54) is 0 Å². The summed E-state index contributed by atoms with van der Waals surface area (Å²) in [5.41, 5.74) is 21.1. The van der Waals surface area contributed by atoms with Crippen LogP contribution in [0.4, 0.5) is 0 Å². The molecule has 0 unspecified atom stereocenters. The Hall–Kier alpha value is -3.46. The average molecular weight is 503 g/mol. The van der Waals surface area contributed by atoms with E-state index >= 15 is 0 Å². The molecule has 0 heterocycles. The molecule has 0 aliphatic carbocycles. The van der Waals surface area contributed by atoms with E-state index in [0.717, 1.165) is 0 Å². The number of aliphatic carboxylic acids is 1. The Labute approximate surface area is 203 Å². The zero-order valence-electron chi connectivity index (χ0n) is 20.0. The monoisotopic (exact) mass is 502 g/mol. The van der Waals surface area contributed by atoms with Gasteiger partial charge in [-0.25, -0.2) is 4.79 Å². The number of nitrogens with zero attached hydrogens (tertiary/aromatic N) is 1. The fraction of sp³-hybridized carbons (Fsp3) is 0.700. The van der Waals surface area contributed by atoms with Gasteiger partial charge in [0.05, 0.1) is 6.61 Å². The number of hydrogen-bond donors (Lipinski definition) is 9. The highest BCUT2D eigenvalue weighted by molar-refractivity contribution is 5.94. The van der Waals surface area contributed by atoms with Crippen molar-refractivity contribution in [1.82, 2.24) is 16.0 Å². The second-order valence-electron chi connectivity index (χ2n) is 8.39. The van der Waals surface area contributed by atoms with E-state index in [0.29, 0.717) is 0 Å². The van der Waals surface area contributed by atoms with Gasteiger partial charge in [0.25, 0.3) is 0 Å². The smallest absolute Gasteiger partial charge is 0.326 e. The fourth-order valence-corrected chi connectivity index (χ4v) is 2.93. The lowest BCUT2D eigenvalue weighted by molar-refractivity contribution is -0.142. The molecular weight excluding hydrogens is 464 g/mol. The summed E-state index contributed by atoms with van der Waals surface area (Å²) >= 11 is 0. The maximum Gasteiger partial charge on any atom is 0.326 e. The van der Waals surface area contributed by atoms with Crippen LogP contribution in [0.15, 0.2) is 4.99 Å². The molecule has 4 atom stereocenters. The van der Waals surface area contributed by atoms with Crippen LogP contribution in [0.5, 0.6) is 0 Å². The minimum atomic E-state index is -1.31. The molecule has 0 saturated carbocycles. The van der Waals surface area contributed by atoms with E-state index in [-0.39, 0.29) is 50.5 Å². The largest absolute Gasteiger partial charge is 0.480 e. The normalized spacial score (nSPS) is 14.2. The molecule has 0 spiro atoms. The molecule has 200 valence electrons. The van der Waals surface area contributed by atoms with Gasteiger partial charge in [-0.2, -0.15) is 0 Å². The van der Waals surface area contributed by atoms with Crippen LogP contribution in [0.1, 0.15) is 46.0 Å². The molecule has 0 aliphatic rings. The molecule has 0 saturated heterocycles. The van der Waals surface area contributed by atoms with Gasteiger partial charge < -0.3 is 49.1 Å². The Bertz CT molecular complexity index is 771. The number of nitrogens with two attached hydrogens (primary N) is 4. The first kappa shape index (κ1) is 31.5. The van der Waals surface area contributed by atoms with E-state index in [4.69, 9.17) is 28.0 Å². The summed E-state index contributed by atoms with van der Waals surface area (Å²) in [6.07, 6.45) is -0.0359. The van der Waals surface area contributed by atoms with E-state index in [1.807, 2.05) is 0 Å². The van der Waals surface area contributed by atoms with E-state index in [1.54, 1.807) is 13.8 Å². The Morgan fingerprint density at radius 3 is 1.89 bits per heavy atom. The van der Waals surface area contributed by atoms with Gasteiger partial charge in [0.15, 0.2) is 5.96 Å². The molecule has 0 aromatic heterocycles. The first-order valence-electron chi connectivity index (χ1n) is 11.1. The number of aliphatic hydroxyl groups is 1. The summed E-state index contributed by atoms with van der Waals surface area (Å²) < 4.78 is 0. The summed E-state index contributed by atoms with van der Waals surface area (Å²) in [4.78, 5) is 64.4. The average Bonchev–Trinajstić information content (AvgIpc) is 2.76.